The van der Waals surface area contributed by atoms with Gasteiger partial charge in [-0.15, -0.1) is 0 Å². The minimum atomic E-state index is -0.759. The zero-order valence-electron chi connectivity index (χ0n) is 11.6. The van der Waals surface area contributed by atoms with Gasteiger partial charge in [-0.05, 0) is 39.2 Å². The van der Waals surface area contributed by atoms with Crippen molar-refractivity contribution in [3.05, 3.63) is 0 Å². The molecule has 0 aromatic heterocycles. The fraction of sp³-hybridized carbons (Fsp3) is 1.00. The van der Waals surface area contributed by atoms with Crippen LogP contribution >= 0.6 is 0 Å². The minimum absolute atomic E-state index is 0.314. The van der Waals surface area contributed by atoms with Gasteiger partial charge in [0.15, 0.2) is 0 Å². The third kappa shape index (κ3) is 4.21. The van der Waals surface area contributed by atoms with Gasteiger partial charge in [0.1, 0.15) is 0 Å². The highest BCUT2D eigenvalue weighted by molar-refractivity contribution is 4.85. The van der Waals surface area contributed by atoms with E-state index < -0.39 is 5.60 Å². The molecule has 1 fully saturated rings. The van der Waals surface area contributed by atoms with Crippen LogP contribution in [0.1, 0.15) is 33.6 Å². The van der Waals surface area contributed by atoms with Crippen molar-refractivity contribution < 1.29 is 9.84 Å². The average molecular weight is 244 g/mol. The topological polar surface area (TPSA) is 58.7 Å². The molecule has 1 aliphatic heterocycles. The molecule has 4 unspecified atom stereocenters. The van der Waals surface area contributed by atoms with E-state index in [9.17, 15) is 5.11 Å². The van der Waals surface area contributed by atoms with E-state index in [1.807, 2.05) is 6.92 Å². The lowest BCUT2D eigenvalue weighted by atomic mass is 9.91. The van der Waals surface area contributed by atoms with Crippen molar-refractivity contribution in [2.45, 2.75) is 51.4 Å². The van der Waals surface area contributed by atoms with Crippen LogP contribution in [0, 0.1) is 5.92 Å². The summed E-state index contributed by atoms with van der Waals surface area (Å²) >= 11 is 0. The lowest BCUT2D eigenvalue weighted by molar-refractivity contribution is -0.0338. The quantitative estimate of drug-likeness (QED) is 0.752. The van der Waals surface area contributed by atoms with Crippen LogP contribution in [0.15, 0.2) is 0 Å². The summed E-state index contributed by atoms with van der Waals surface area (Å²) in [5.41, 5.74) is 4.81. The third-order valence-corrected chi connectivity index (χ3v) is 4.02. The molecule has 0 amide bonds. The Balaban J connectivity index is 2.50. The molecule has 0 spiro atoms. The van der Waals surface area contributed by atoms with E-state index in [1.54, 1.807) is 7.11 Å². The molecular formula is C13H28N2O2. The molecular weight excluding hydrogens is 216 g/mol. The maximum absolute atomic E-state index is 10.0. The normalized spacial score (nSPS) is 32.1. The molecule has 4 heteroatoms. The Hall–Kier alpha value is -0.160. The van der Waals surface area contributed by atoms with Crippen LogP contribution in [-0.4, -0.2) is 54.5 Å². The molecule has 0 bridgehead atoms. The molecule has 0 aliphatic carbocycles. The van der Waals surface area contributed by atoms with Crippen LogP contribution in [-0.2, 0) is 4.74 Å². The lowest BCUT2D eigenvalue weighted by Gasteiger charge is -2.41. The SMILES string of the molecule is COC1CN(C(C)CC(C)(O)CN)CCC1C. The maximum atomic E-state index is 10.0. The second kappa shape index (κ2) is 6.14. The van der Waals surface area contributed by atoms with Crippen molar-refractivity contribution in [3.63, 3.8) is 0 Å². The molecule has 0 aromatic carbocycles. The largest absolute Gasteiger partial charge is 0.389 e. The maximum Gasteiger partial charge on any atom is 0.0756 e. The van der Waals surface area contributed by atoms with E-state index in [1.165, 1.54) is 0 Å². The van der Waals surface area contributed by atoms with Gasteiger partial charge < -0.3 is 15.6 Å². The summed E-state index contributed by atoms with van der Waals surface area (Å²) in [6.07, 6.45) is 2.19. The summed E-state index contributed by atoms with van der Waals surface area (Å²) < 4.78 is 5.51. The monoisotopic (exact) mass is 244 g/mol. The molecule has 3 N–H and O–H groups in total. The van der Waals surface area contributed by atoms with Crippen molar-refractivity contribution in [3.8, 4) is 0 Å². The van der Waals surface area contributed by atoms with Crippen molar-refractivity contribution in [1.29, 1.82) is 0 Å². The third-order valence-electron chi connectivity index (χ3n) is 4.02. The minimum Gasteiger partial charge on any atom is -0.389 e. The molecule has 1 saturated heterocycles. The van der Waals surface area contributed by atoms with Gasteiger partial charge >= 0.3 is 0 Å². The molecule has 102 valence electrons. The number of hydrogen-bond donors (Lipinski definition) is 2. The lowest BCUT2D eigenvalue weighted by Crippen LogP contribution is -2.50. The number of nitrogens with two attached hydrogens (primary N) is 1. The van der Waals surface area contributed by atoms with Crippen molar-refractivity contribution in [2.24, 2.45) is 11.7 Å². The van der Waals surface area contributed by atoms with Gasteiger partial charge in [0.25, 0.3) is 0 Å². The van der Waals surface area contributed by atoms with Crippen LogP contribution in [0.5, 0.6) is 0 Å². The number of hydrogen-bond acceptors (Lipinski definition) is 4. The predicted octanol–water partition coefficient (Wildman–Crippen LogP) is 0.832. The first-order chi connectivity index (χ1) is 7.89. The van der Waals surface area contributed by atoms with E-state index in [-0.39, 0.29) is 0 Å². The molecule has 0 saturated carbocycles. The van der Waals surface area contributed by atoms with Crippen LogP contribution in [0.25, 0.3) is 0 Å². The van der Waals surface area contributed by atoms with E-state index in [0.29, 0.717) is 31.0 Å². The van der Waals surface area contributed by atoms with Crippen molar-refractivity contribution in [1.82, 2.24) is 4.90 Å². The molecule has 4 nitrogen and oxygen atoms in total. The average Bonchev–Trinajstić information content (AvgIpc) is 2.29. The van der Waals surface area contributed by atoms with Gasteiger partial charge in [0.2, 0.25) is 0 Å². The second-order valence-electron chi connectivity index (χ2n) is 5.79. The smallest absolute Gasteiger partial charge is 0.0756 e. The molecule has 1 aliphatic rings. The summed E-state index contributed by atoms with van der Waals surface area (Å²) in [6, 6.07) is 0.346. The van der Waals surface area contributed by atoms with Crippen molar-refractivity contribution in [2.75, 3.05) is 26.7 Å². The fourth-order valence-electron chi connectivity index (χ4n) is 2.61. The number of piperidine rings is 1. The predicted molar refractivity (Wildman–Crippen MR) is 69.9 cm³/mol. The highest BCUT2D eigenvalue weighted by Crippen LogP contribution is 2.24. The highest BCUT2D eigenvalue weighted by atomic mass is 16.5. The zero-order valence-corrected chi connectivity index (χ0v) is 11.6. The number of ether oxygens (including phenoxy) is 1. The number of methoxy groups -OCH3 is 1. The number of nitrogens with zero attached hydrogens (tertiary/aromatic N) is 1. The number of rotatable bonds is 5. The molecule has 1 heterocycles. The van der Waals surface area contributed by atoms with Crippen LogP contribution in [0.2, 0.25) is 0 Å². The Kier molecular flexibility index (Phi) is 5.38. The summed E-state index contributed by atoms with van der Waals surface area (Å²) in [4.78, 5) is 2.40. The van der Waals surface area contributed by atoms with E-state index in [4.69, 9.17) is 10.5 Å². The Morgan fingerprint density at radius 3 is 2.76 bits per heavy atom. The standard InChI is InChI=1S/C13H28N2O2/c1-10-5-6-15(8-12(10)17-4)11(2)7-13(3,16)9-14/h10-12,16H,5-9,14H2,1-4H3. The molecule has 4 atom stereocenters. The summed E-state index contributed by atoms with van der Waals surface area (Å²) in [7, 11) is 1.78. The van der Waals surface area contributed by atoms with Gasteiger partial charge in [-0.3, -0.25) is 4.90 Å². The number of likely N-dealkylation sites (tertiary alicyclic amines) is 1. The van der Waals surface area contributed by atoms with Gasteiger partial charge in [-0.25, -0.2) is 0 Å². The molecule has 17 heavy (non-hydrogen) atoms. The van der Waals surface area contributed by atoms with E-state index >= 15 is 0 Å². The Labute approximate surface area is 105 Å². The first-order valence-electron chi connectivity index (χ1n) is 6.59. The van der Waals surface area contributed by atoms with Crippen molar-refractivity contribution >= 4 is 0 Å². The molecule has 0 radical (unpaired) electrons. The van der Waals surface area contributed by atoms with Crippen LogP contribution in [0.3, 0.4) is 0 Å². The van der Waals surface area contributed by atoms with E-state index in [0.717, 1.165) is 19.5 Å². The Morgan fingerprint density at radius 2 is 2.24 bits per heavy atom. The molecule has 1 rings (SSSR count). The Bertz CT molecular complexity index is 233. The number of aliphatic hydroxyl groups is 1. The van der Waals surface area contributed by atoms with Gasteiger partial charge in [0, 0.05) is 26.2 Å². The zero-order chi connectivity index (χ0) is 13.1. The van der Waals surface area contributed by atoms with E-state index in [2.05, 4.69) is 18.7 Å². The molecule has 0 aromatic rings. The summed E-state index contributed by atoms with van der Waals surface area (Å²) in [6.45, 7) is 8.57. The fourth-order valence-corrected chi connectivity index (χ4v) is 2.61. The summed E-state index contributed by atoms with van der Waals surface area (Å²) in [5, 5.41) is 10.0. The second-order valence-corrected chi connectivity index (χ2v) is 5.79. The van der Waals surface area contributed by atoms with Gasteiger partial charge in [0.05, 0.1) is 11.7 Å². The highest BCUT2D eigenvalue weighted by Gasteiger charge is 2.31. The Morgan fingerprint density at radius 1 is 1.59 bits per heavy atom. The van der Waals surface area contributed by atoms with Gasteiger partial charge in [-0.2, -0.15) is 0 Å². The van der Waals surface area contributed by atoms with Crippen LogP contribution in [0.4, 0.5) is 0 Å². The van der Waals surface area contributed by atoms with Gasteiger partial charge in [-0.1, -0.05) is 6.92 Å². The summed E-state index contributed by atoms with van der Waals surface area (Å²) in [5.74, 6) is 0.624. The first kappa shape index (κ1) is 14.9. The van der Waals surface area contributed by atoms with Crippen LogP contribution < -0.4 is 5.73 Å². The first-order valence-corrected chi connectivity index (χ1v) is 6.59.